The highest BCUT2D eigenvalue weighted by molar-refractivity contribution is 6.35. The Morgan fingerprint density at radius 1 is 0.833 bits per heavy atom. The highest BCUT2D eigenvalue weighted by Gasteiger charge is 2.38. The van der Waals surface area contributed by atoms with Crippen molar-refractivity contribution in [1.29, 1.82) is 0 Å². The molecule has 0 fully saturated rings. The van der Waals surface area contributed by atoms with Gasteiger partial charge >= 0.3 is 11.6 Å². The topological polar surface area (TPSA) is 93.9 Å². The Labute approximate surface area is 206 Å². The number of imide groups is 1. The van der Waals surface area contributed by atoms with E-state index in [2.05, 4.69) is 0 Å². The van der Waals surface area contributed by atoms with Gasteiger partial charge in [0.1, 0.15) is 12.2 Å². The van der Waals surface area contributed by atoms with E-state index in [0.29, 0.717) is 22.2 Å². The minimum absolute atomic E-state index is 0.136. The van der Waals surface area contributed by atoms with E-state index in [9.17, 15) is 19.2 Å². The lowest BCUT2D eigenvalue weighted by molar-refractivity contribution is 0.0473. The number of carbonyl (C=O) groups is 3. The molecule has 2 heterocycles. The quantitative estimate of drug-likeness (QED) is 0.226. The molecule has 0 radical (unpaired) electrons. The summed E-state index contributed by atoms with van der Waals surface area (Å²) in [5.74, 6) is -1.60. The monoisotopic (exact) mass is 481 g/mol. The Hall–Kier alpha value is -4.52. The number of esters is 1. The van der Waals surface area contributed by atoms with E-state index in [1.807, 2.05) is 52.0 Å². The Morgan fingerprint density at radius 3 is 2.33 bits per heavy atom. The van der Waals surface area contributed by atoms with Crippen molar-refractivity contribution in [3.05, 3.63) is 110 Å². The molecular formula is C29H23NO6. The summed E-state index contributed by atoms with van der Waals surface area (Å²) in [6.07, 6.45) is 0. The number of fused-ring (bicyclic) bond motifs is 2. The minimum atomic E-state index is -0.673. The van der Waals surface area contributed by atoms with Gasteiger partial charge in [-0.2, -0.15) is 0 Å². The van der Waals surface area contributed by atoms with Crippen molar-refractivity contribution >= 4 is 34.4 Å². The molecule has 3 aromatic carbocycles. The molecule has 5 rings (SSSR count). The summed E-state index contributed by atoms with van der Waals surface area (Å²) in [5, 5.41) is 0.685. The SMILES string of the molecule is Cc1ccc(C)c(N2C(=O)c3ccc(C(=O)OCc4cc(=O)oc5c(C)c(C)ccc45)cc3C2=O)c1. The summed E-state index contributed by atoms with van der Waals surface area (Å²) in [6.45, 7) is 7.35. The number of ether oxygens (including phenoxy) is 1. The van der Waals surface area contributed by atoms with Gasteiger partial charge in [-0.15, -0.1) is 0 Å². The number of aryl methyl sites for hydroxylation is 4. The first-order valence-electron chi connectivity index (χ1n) is 11.5. The average Bonchev–Trinajstić information content (AvgIpc) is 3.10. The van der Waals surface area contributed by atoms with Gasteiger partial charge in [-0.25, -0.2) is 14.5 Å². The number of rotatable bonds is 4. The lowest BCUT2D eigenvalue weighted by Crippen LogP contribution is -2.30. The van der Waals surface area contributed by atoms with Gasteiger partial charge in [0.15, 0.2) is 0 Å². The summed E-state index contributed by atoms with van der Waals surface area (Å²) < 4.78 is 10.9. The first-order chi connectivity index (χ1) is 17.2. The molecule has 0 N–H and O–H groups in total. The molecule has 180 valence electrons. The summed E-state index contributed by atoms with van der Waals surface area (Å²) in [7, 11) is 0. The van der Waals surface area contributed by atoms with Crippen molar-refractivity contribution in [3.63, 3.8) is 0 Å². The van der Waals surface area contributed by atoms with Crippen molar-refractivity contribution in [1.82, 2.24) is 0 Å². The molecule has 1 aromatic heterocycles. The first-order valence-corrected chi connectivity index (χ1v) is 11.5. The third-order valence-corrected chi connectivity index (χ3v) is 6.60. The van der Waals surface area contributed by atoms with Crippen LogP contribution in [0.25, 0.3) is 11.0 Å². The number of nitrogens with zero attached hydrogens (tertiary/aromatic N) is 1. The number of hydrogen-bond donors (Lipinski definition) is 0. The molecule has 0 bridgehead atoms. The van der Waals surface area contributed by atoms with Gasteiger partial charge in [-0.1, -0.05) is 24.3 Å². The molecule has 1 aliphatic heterocycles. The van der Waals surface area contributed by atoms with Gasteiger partial charge in [-0.05, 0) is 74.2 Å². The van der Waals surface area contributed by atoms with Gasteiger partial charge in [0.2, 0.25) is 0 Å². The molecule has 2 amide bonds. The number of hydrogen-bond acceptors (Lipinski definition) is 6. The normalized spacial score (nSPS) is 12.8. The fourth-order valence-electron chi connectivity index (χ4n) is 4.42. The Balaban J connectivity index is 1.42. The zero-order valence-corrected chi connectivity index (χ0v) is 20.3. The minimum Gasteiger partial charge on any atom is -0.457 e. The van der Waals surface area contributed by atoms with Gasteiger partial charge < -0.3 is 9.15 Å². The van der Waals surface area contributed by atoms with Crippen molar-refractivity contribution in [2.45, 2.75) is 34.3 Å². The maximum absolute atomic E-state index is 13.2. The van der Waals surface area contributed by atoms with E-state index in [4.69, 9.17) is 9.15 Å². The van der Waals surface area contributed by atoms with Crippen LogP contribution in [0.5, 0.6) is 0 Å². The molecule has 0 aliphatic carbocycles. The Kier molecular flexibility index (Phi) is 5.55. The predicted molar refractivity (Wildman–Crippen MR) is 135 cm³/mol. The molecule has 0 unspecified atom stereocenters. The number of carbonyl (C=O) groups excluding carboxylic acids is 3. The van der Waals surface area contributed by atoms with E-state index >= 15 is 0 Å². The van der Waals surface area contributed by atoms with E-state index in [1.54, 1.807) is 6.07 Å². The van der Waals surface area contributed by atoms with Crippen LogP contribution in [-0.4, -0.2) is 17.8 Å². The lowest BCUT2D eigenvalue weighted by atomic mass is 10.0. The largest absolute Gasteiger partial charge is 0.457 e. The molecule has 4 aromatic rings. The van der Waals surface area contributed by atoms with Crippen LogP contribution in [-0.2, 0) is 11.3 Å². The fourth-order valence-corrected chi connectivity index (χ4v) is 4.42. The smallest absolute Gasteiger partial charge is 0.338 e. The molecule has 36 heavy (non-hydrogen) atoms. The zero-order chi connectivity index (χ0) is 25.7. The van der Waals surface area contributed by atoms with E-state index in [0.717, 1.165) is 27.2 Å². The second-order valence-corrected chi connectivity index (χ2v) is 9.05. The van der Waals surface area contributed by atoms with Gasteiger partial charge in [0, 0.05) is 17.0 Å². The Morgan fingerprint density at radius 2 is 1.56 bits per heavy atom. The van der Waals surface area contributed by atoms with Gasteiger partial charge in [0.05, 0.1) is 22.4 Å². The summed E-state index contributed by atoms with van der Waals surface area (Å²) in [4.78, 5) is 52.3. The average molecular weight is 482 g/mol. The van der Waals surface area contributed by atoms with Crippen LogP contribution in [0.4, 0.5) is 5.69 Å². The molecule has 0 saturated carbocycles. The summed E-state index contributed by atoms with van der Waals surface area (Å²) in [5.41, 5.74) is 5.01. The van der Waals surface area contributed by atoms with Crippen molar-refractivity contribution < 1.29 is 23.5 Å². The van der Waals surface area contributed by atoms with E-state index in [-0.39, 0.29) is 23.3 Å². The number of anilines is 1. The van der Waals surface area contributed by atoms with Crippen LogP contribution in [0.3, 0.4) is 0 Å². The van der Waals surface area contributed by atoms with Crippen LogP contribution in [0.1, 0.15) is 58.9 Å². The van der Waals surface area contributed by atoms with Crippen molar-refractivity contribution in [2.24, 2.45) is 0 Å². The highest BCUT2D eigenvalue weighted by Crippen LogP contribution is 2.32. The van der Waals surface area contributed by atoms with Crippen LogP contribution < -0.4 is 10.5 Å². The molecular weight excluding hydrogens is 458 g/mol. The lowest BCUT2D eigenvalue weighted by Gasteiger charge is -2.17. The molecule has 0 atom stereocenters. The molecule has 1 aliphatic rings. The summed E-state index contributed by atoms with van der Waals surface area (Å²) >= 11 is 0. The molecule has 0 saturated heterocycles. The van der Waals surface area contributed by atoms with Crippen LogP contribution in [0.2, 0.25) is 0 Å². The third-order valence-electron chi connectivity index (χ3n) is 6.60. The predicted octanol–water partition coefficient (Wildman–Crippen LogP) is 5.18. The second kappa shape index (κ2) is 8.61. The number of benzene rings is 3. The first kappa shape index (κ1) is 23.2. The number of amides is 2. The van der Waals surface area contributed by atoms with E-state index in [1.165, 1.54) is 24.3 Å². The molecule has 0 spiro atoms. The van der Waals surface area contributed by atoms with Gasteiger partial charge in [-0.3, -0.25) is 9.59 Å². The second-order valence-electron chi connectivity index (χ2n) is 9.05. The standard InChI is InChI=1S/C29H23NO6/c1-15-5-6-17(3)24(11-15)30-27(32)22-10-8-19(12-23(22)28(30)33)29(34)35-14-20-13-25(31)36-26-18(4)16(2)7-9-21(20)26/h5-13H,14H2,1-4H3. The molecule has 7 nitrogen and oxygen atoms in total. The van der Waals surface area contributed by atoms with E-state index < -0.39 is 23.4 Å². The fraction of sp³-hybridized carbons (Fsp3) is 0.172. The zero-order valence-electron chi connectivity index (χ0n) is 20.3. The maximum Gasteiger partial charge on any atom is 0.338 e. The van der Waals surface area contributed by atoms with Gasteiger partial charge in [0.25, 0.3) is 11.8 Å². The highest BCUT2D eigenvalue weighted by atomic mass is 16.5. The maximum atomic E-state index is 13.2. The van der Waals surface area contributed by atoms with Crippen molar-refractivity contribution in [3.8, 4) is 0 Å². The Bertz CT molecular complexity index is 1660. The summed E-state index contributed by atoms with van der Waals surface area (Å²) in [6, 6.07) is 14.9. The van der Waals surface area contributed by atoms with Crippen LogP contribution in [0.15, 0.2) is 63.8 Å². The van der Waals surface area contributed by atoms with Crippen molar-refractivity contribution in [2.75, 3.05) is 4.90 Å². The van der Waals surface area contributed by atoms with Crippen LogP contribution in [0, 0.1) is 27.7 Å². The van der Waals surface area contributed by atoms with Crippen LogP contribution >= 0.6 is 0 Å². The molecule has 7 heteroatoms. The third kappa shape index (κ3) is 3.79.